The quantitative estimate of drug-likeness (QED) is 0.933. The van der Waals surface area contributed by atoms with Crippen molar-refractivity contribution in [2.75, 3.05) is 12.3 Å². The topological polar surface area (TPSA) is 53.1 Å². The normalized spacial score (nSPS) is 11.6. The first-order valence-corrected chi connectivity index (χ1v) is 5.58. The predicted octanol–water partition coefficient (Wildman–Crippen LogP) is 2.87. The number of nitrogen functional groups attached to an aromatic ring is 1. The van der Waals surface area contributed by atoms with Crippen molar-refractivity contribution in [3.63, 3.8) is 0 Å². The molecule has 19 heavy (non-hydrogen) atoms. The van der Waals surface area contributed by atoms with Crippen molar-refractivity contribution in [2.24, 2.45) is 0 Å². The lowest BCUT2D eigenvalue weighted by molar-refractivity contribution is -0.142. The van der Waals surface area contributed by atoms with Gasteiger partial charge < -0.3 is 10.5 Å². The van der Waals surface area contributed by atoms with Crippen LogP contribution in [-0.4, -0.2) is 16.4 Å². The van der Waals surface area contributed by atoms with Crippen LogP contribution in [0.4, 0.5) is 19.0 Å². The minimum absolute atomic E-state index is 0.179. The van der Waals surface area contributed by atoms with E-state index in [9.17, 15) is 13.2 Å². The molecule has 0 aliphatic carbocycles. The van der Waals surface area contributed by atoms with E-state index in [4.69, 9.17) is 10.5 Å². The van der Waals surface area contributed by atoms with Gasteiger partial charge in [-0.1, -0.05) is 0 Å². The third-order valence-electron chi connectivity index (χ3n) is 2.41. The molecule has 0 amide bonds. The van der Waals surface area contributed by atoms with Crippen molar-refractivity contribution >= 4 is 5.82 Å². The van der Waals surface area contributed by atoms with Gasteiger partial charge in [-0.3, -0.25) is 0 Å². The van der Waals surface area contributed by atoms with E-state index >= 15 is 0 Å². The highest BCUT2D eigenvalue weighted by molar-refractivity contribution is 5.42. The molecule has 2 rings (SSSR count). The van der Waals surface area contributed by atoms with Crippen LogP contribution in [-0.2, 0) is 6.18 Å². The Morgan fingerprint density at radius 2 is 1.89 bits per heavy atom. The van der Waals surface area contributed by atoms with E-state index < -0.39 is 11.9 Å². The lowest BCUT2D eigenvalue weighted by Gasteiger charge is -2.10. The summed E-state index contributed by atoms with van der Waals surface area (Å²) in [5, 5.41) is 3.66. The maximum atomic E-state index is 12.8. The molecule has 0 spiro atoms. The minimum Gasteiger partial charge on any atom is -0.494 e. The summed E-state index contributed by atoms with van der Waals surface area (Å²) in [5.41, 5.74) is 4.70. The van der Waals surface area contributed by atoms with Crippen LogP contribution >= 0.6 is 0 Å². The Hall–Kier alpha value is -2.18. The summed E-state index contributed by atoms with van der Waals surface area (Å²) in [4.78, 5) is 0. The van der Waals surface area contributed by atoms with E-state index in [1.54, 1.807) is 12.1 Å². The van der Waals surface area contributed by atoms with Crippen LogP contribution in [0, 0.1) is 0 Å². The van der Waals surface area contributed by atoms with Crippen LogP contribution < -0.4 is 10.5 Å². The number of aromatic nitrogens is 2. The van der Waals surface area contributed by atoms with Crippen LogP contribution in [0.1, 0.15) is 12.6 Å². The van der Waals surface area contributed by atoms with Crippen molar-refractivity contribution < 1.29 is 17.9 Å². The van der Waals surface area contributed by atoms with Gasteiger partial charge in [0.1, 0.15) is 17.3 Å². The van der Waals surface area contributed by atoms with Gasteiger partial charge in [0.25, 0.3) is 0 Å². The maximum Gasteiger partial charge on any atom is 0.433 e. The fraction of sp³-hybridized carbons (Fsp3) is 0.250. The zero-order valence-electron chi connectivity index (χ0n) is 10.1. The van der Waals surface area contributed by atoms with Gasteiger partial charge in [0.15, 0.2) is 0 Å². The summed E-state index contributed by atoms with van der Waals surface area (Å²) >= 11 is 0. The molecule has 1 aromatic heterocycles. The van der Waals surface area contributed by atoms with E-state index in [1.807, 2.05) is 6.92 Å². The Labute approximate surface area is 107 Å². The molecule has 0 atom stereocenters. The number of anilines is 1. The first-order valence-electron chi connectivity index (χ1n) is 5.58. The second kappa shape index (κ2) is 4.83. The highest BCUT2D eigenvalue weighted by atomic mass is 19.4. The number of benzene rings is 1. The zero-order chi connectivity index (χ0) is 14.0. The smallest absolute Gasteiger partial charge is 0.433 e. The van der Waals surface area contributed by atoms with Crippen LogP contribution in [0.25, 0.3) is 5.69 Å². The molecule has 0 bridgehead atoms. The average Bonchev–Trinajstić information content (AvgIpc) is 2.73. The molecule has 0 fully saturated rings. The van der Waals surface area contributed by atoms with Crippen molar-refractivity contribution in [1.29, 1.82) is 0 Å². The fourth-order valence-corrected chi connectivity index (χ4v) is 1.65. The second-order valence-corrected chi connectivity index (χ2v) is 3.79. The molecule has 2 N–H and O–H groups in total. The van der Waals surface area contributed by atoms with Crippen molar-refractivity contribution in [3.05, 3.63) is 36.0 Å². The highest BCUT2D eigenvalue weighted by Crippen LogP contribution is 2.32. The number of ether oxygens (including phenoxy) is 1. The summed E-state index contributed by atoms with van der Waals surface area (Å²) < 4.78 is 44.4. The molecule has 0 radical (unpaired) electrons. The third-order valence-corrected chi connectivity index (χ3v) is 2.41. The van der Waals surface area contributed by atoms with Gasteiger partial charge in [-0.05, 0) is 31.2 Å². The Morgan fingerprint density at radius 3 is 2.42 bits per heavy atom. The molecular formula is C12H12F3N3O. The van der Waals surface area contributed by atoms with Gasteiger partial charge in [0.2, 0.25) is 0 Å². The molecule has 0 aliphatic rings. The van der Waals surface area contributed by atoms with Crippen molar-refractivity contribution in [2.45, 2.75) is 13.1 Å². The van der Waals surface area contributed by atoms with Gasteiger partial charge >= 0.3 is 6.18 Å². The van der Waals surface area contributed by atoms with Crippen molar-refractivity contribution in [3.8, 4) is 11.4 Å². The summed E-state index contributed by atoms with van der Waals surface area (Å²) in [7, 11) is 0. The van der Waals surface area contributed by atoms with E-state index in [0.29, 0.717) is 12.4 Å². The Kier molecular flexibility index (Phi) is 3.37. The zero-order valence-corrected chi connectivity index (χ0v) is 10.1. The molecular weight excluding hydrogens is 259 g/mol. The molecule has 0 saturated carbocycles. The molecule has 0 unspecified atom stereocenters. The molecule has 0 saturated heterocycles. The lowest BCUT2D eigenvalue weighted by atomic mass is 10.3. The molecule has 102 valence electrons. The Balaban J connectivity index is 2.41. The largest absolute Gasteiger partial charge is 0.494 e. The summed E-state index contributed by atoms with van der Waals surface area (Å²) in [5.74, 6) is 0.404. The first-order chi connectivity index (χ1) is 8.91. The average molecular weight is 271 g/mol. The highest BCUT2D eigenvalue weighted by Gasteiger charge is 2.36. The first kappa shape index (κ1) is 13.3. The van der Waals surface area contributed by atoms with Gasteiger partial charge in [-0.2, -0.15) is 18.3 Å². The summed E-state index contributed by atoms with van der Waals surface area (Å²) in [6.07, 6.45) is -4.51. The number of nitrogens with zero attached hydrogens (tertiary/aromatic N) is 2. The minimum atomic E-state index is -4.51. The summed E-state index contributed by atoms with van der Waals surface area (Å²) in [6.45, 7) is 2.31. The molecule has 4 nitrogen and oxygen atoms in total. The summed E-state index contributed by atoms with van der Waals surface area (Å²) in [6, 6.07) is 6.95. The molecule has 1 aromatic carbocycles. The standard InChI is InChI=1S/C12H12F3N3O/c1-2-19-9-5-3-8(4-6-9)18-10(12(13,14)15)7-11(16)17-18/h3-7H,2H2,1H3,(H2,16,17). The Morgan fingerprint density at radius 1 is 1.26 bits per heavy atom. The number of halogens is 3. The monoisotopic (exact) mass is 271 g/mol. The van der Waals surface area contributed by atoms with E-state index in [2.05, 4.69) is 5.10 Å². The second-order valence-electron chi connectivity index (χ2n) is 3.79. The van der Waals surface area contributed by atoms with Gasteiger partial charge in [-0.25, -0.2) is 4.68 Å². The molecule has 1 heterocycles. The Bertz CT molecular complexity index is 561. The molecule has 7 heteroatoms. The van der Waals surface area contributed by atoms with Gasteiger partial charge in [0.05, 0.1) is 12.3 Å². The van der Waals surface area contributed by atoms with E-state index in [0.717, 1.165) is 10.7 Å². The number of hydrogen-bond acceptors (Lipinski definition) is 3. The van der Waals surface area contributed by atoms with Crippen LogP contribution in [0.3, 0.4) is 0 Å². The van der Waals surface area contributed by atoms with Crippen LogP contribution in [0.2, 0.25) is 0 Å². The number of alkyl halides is 3. The molecule has 2 aromatic rings. The van der Waals surface area contributed by atoms with E-state index in [-0.39, 0.29) is 11.5 Å². The van der Waals surface area contributed by atoms with Crippen LogP contribution in [0.5, 0.6) is 5.75 Å². The maximum absolute atomic E-state index is 12.8. The number of rotatable bonds is 3. The SMILES string of the molecule is CCOc1ccc(-n2nc(N)cc2C(F)(F)F)cc1. The van der Waals surface area contributed by atoms with E-state index in [1.165, 1.54) is 12.1 Å². The van der Waals surface area contributed by atoms with Crippen molar-refractivity contribution in [1.82, 2.24) is 9.78 Å². The third kappa shape index (κ3) is 2.81. The number of nitrogens with two attached hydrogens (primary N) is 1. The molecule has 0 aliphatic heterocycles. The number of hydrogen-bond donors (Lipinski definition) is 1. The lowest BCUT2D eigenvalue weighted by Crippen LogP contribution is -2.13. The van der Waals surface area contributed by atoms with Gasteiger partial charge in [-0.15, -0.1) is 0 Å². The van der Waals surface area contributed by atoms with Crippen LogP contribution in [0.15, 0.2) is 30.3 Å². The predicted molar refractivity (Wildman–Crippen MR) is 64.1 cm³/mol. The fourth-order valence-electron chi connectivity index (χ4n) is 1.65. The van der Waals surface area contributed by atoms with Gasteiger partial charge in [0, 0.05) is 6.07 Å².